The average Bonchev–Trinajstić information content (AvgIpc) is 2.69. The van der Waals surface area contributed by atoms with Crippen molar-refractivity contribution < 1.29 is 14.6 Å². The quantitative estimate of drug-likeness (QED) is 0.620. The summed E-state index contributed by atoms with van der Waals surface area (Å²) in [6.07, 6.45) is 0. The molecule has 0 atom stereocenters. The van der Waals surface area contributed by atoms with Crippen molar-refractivity contribution in [2.24, 2.45) is 0 Å². The van der Waals surface area contributed by atoms with Crippen molar-refractivity contribution in [1.82, 2.24) is 16.4 Å². The molecule has 1 aromatic carbocycles. The third kappa shape index (κ3) is 2.18. The highest BCUT2D eigenvalue weighted by Crippen LogP contribution is 2.18. The number of nitrogens with one attached hydrogen (secondary N) is 3. The molecule has 1 heterocycles. The predicted octanol–water partition coefficient (Wildman–Crippen LogP) is 0.585. The highest BCUT2D eigenvalue weighted by molar-refractivity contribution is 6.30. The van der Waals surface area contributed by atoms with Crippen LogP contribution in [0.2, 0.25) is 5.02 Å². The van der Waals surface area contributed by atoms with E-state index in [1.165, 1.54) is 0 Å². The predicted molar refractivity (Wildman–Crippen MR) is 56.1 cm³/mol. The Morgan fingerprint density at radius 2 is 1.94 bits per heavy atom. The Morgan fingerprint density at radius 1 is 1.25 bits per heavy atom. The Kier molecular flexibility index (Phi) is 2.84. The highest BCUT2D eigenvalue weighted by atomic mass is 35.5. The molecule has 0 saturated heterocycles. The van der Waals surface area contributed by atoms with E-state index in [9.17, 15) is 4.79 Å². The van der Waals surface area contributed by atoms with Gasteiger partial charge in [-0.15, -0.1) is 5.53 Å². The second kappa shape index (κ2) is 4.30. The van der Waals surface area contributed by atoms with Gasteiger partial charge in [0, 0.05) is 5.02 Å². The molecule has 7 heteroatoms. The number of carbonyl (C=O) groups is 1. The van der Waals surface area contributed by atoms with Crippen LogP contribution in [0.5, 0.6) is 5.75 Å². The summed E-state index contributed by atoms with van der Waals surface area (Å²) in [4.78, 5) is 10.8. The molecule has 1 aromatic rings. The summed E-state index contributed by atoms with van der Waals surface area (Å²) in [5.74, 6) is -0.549. The average molecular weight is 242 g/mol. The first-order valence-electron chi connectivity index (χ1n) is 4.35. The van der Waals surface area contributed by atoms with Gasteiger partial charge in [0.15, 0.2) is 5.70 Å². The molecule has 0 saturated carbocycles. The fourth-order valence-electron chi connectivity index (χ4n) is 1.12. The zero-order valence-corrected chi connectivity index (χ0v) is 8.71. The van der Waals surface area contributed by atoms with Crippen LogP contribution in [0.15, 0.2) is 35.8 Å². The molecule has 0 aromatic heterocycles. The zero-order valence-electron chi connectivity index (χ0n) is 7.95. The lowest BCUT2D eigenvalue weighted by Gasteiger charge is -2.06. The van der Waals surface area contributed by atoms with E-state index in [1.54, 1.807) is 24.3 Å². The van der Waals surface area contributed by atoms with Crippen molar-refractivity contribution in [2.45, 2.75) is 0 Å². The topological polar surface area (TPSA) is 82.6 Å². The summed E-state index contributed by atoms with van der Waals surface area (Å²) in [6, 6.07) is 6.56. The Hall–Kier alpha value is -1.92. The summed E-state index contributed by atoms with van der Waals surface area (Å²) in [5, 5.41) is 9.38. The fourth-order valence-corrected chi connectivity index (χ4v) is 1.24. The zero-order chi connectivity index (χ0) is 11.5. The van der Waals surface area contributed by atoms with Crippen LogP contribution < -0.4 is 21.1 Å². The van der Waals surface area contributed by atoms with Crippen molar-refractivity contribution in [3.63, 3.8) is 0 Å². The van der Waals surface area contributed by atoms with Gasteiger partial charge in [-0.1, -0.05) is 11.6 Å². The summed E-state index contributed by atoms with van der Waals surface area (Å²) in [7, 11) is 0. The van der Waals surface area contributed by atoms with Gasteiger partial charge in [-0.25, -0.2) is 4.79 Å². The minimum absolute atomic E-state index is 0.0880. The van der Waals surface area contributed by atoms with Crippen molar-refractivity contribution >= 4 is 17.6 Å². The van der Waals surface area contributed by atoms with E-state index in [4.69, 9.17) is 21.4 Å². The first kappa shape index (κ1) is 10.6. The van der Waals surface area contributed by atoms with Gasteiger partial charge < -0.3 is 9.84 Å². The van der Waals surface area contributed by atoms with E-state index in [-0.39, 0.29) is 11.6 Å². The second-order valence-electron chi connectivity index (χ2n) is 2.94. The number of carboxylic acids is 1. The Balaban J connectivity index is 2.18. The molecule has 0 unspecified atom stereocenters. The monoisotopic (exact) mass is 241 g/mol. The second-order valence-corrected chi connectivity index (χ2v) is 3.38. The molecule has 0 spiro atoms. The van der Waals surface area contributed by atoms with Crippen LogP contribution in [0.4, 0.5) is 0 Å². The van der Waals surface area contributed by atoms with Gasteiger partial charge in [-0.2, -0.15) is 0 Å². The molecule has 0 radical (unpaired) electrons. The van der Waals surface area contributed by atoms with E-state index in [0.29, 0.717) is 10.8 Å². The first-order valence-corrected chi connectivity index (χ1v) is 4.72. The number of aliphatic carboxylic acids is 1. The van der Waals surface area contributed by atoms with E-state index < -0.39 is 5.97 Å². The van der Waals surface area contributed by atoms with E-state index in [1.807, 2.05) is 0 Å². The minimum Gasteiger partial charge on any atom is -0.476 e. The molecule has 84 valence electrons. The number of halogens is 1. The van der Waals surface area contributed by atoms with Crippen molar-refractivity contribution in [2.75, 3.05) is 0 Å². The van der Waals surface area contributed by atoms with Gasteiger partial charge in [0.2, 0.25) is 5.88 Å². The minimum atomic E-state index is -1.12. The lowest BCUT2D eigenvalue weighted by Crippen LogP contribution is -2.34. The van der Waals surface area contributed by atoms with Gasteiger partial charge in [0.1, 0.15) is 5.75 Å². The van der Waals surface area contributed by atoms with Crippen LogP contribution in [0.1, 0.15) is 0 Å². The van der Waals surface area contributed by atoms with Gasteiger partial charge in [0.25, 0.3) is 0 Å². The number of hydrazine groups is 2. The molecular weight excluding hydrogens is 234 g/mol. The van der Waals surface area contributed by atoms with Crippen LogP contribution in [-0.4, -0.2) is 11.1 Å². The summed E-state index contributed by atoms with van der Waals surface area (Å²) >= 11 is 5.71. The molecule has 1 aliphatic rings. The highest BCUT2D eigenvalue weighted by Gasteiger charge is 2.21. The number of ether oxygens (including phenoxy) is 1. The number of hydrogen-bond donors (Lipinski definition) is 4. The maximum absolute atomic E-state index is 10.8. The van der Waals surface area contributed by atoms with Crippen molar-refractivity contribution in [3.05, 3.63) is 40.9 Å². The van der Waals surface area contributed by atoms with E-state index >= 15 is 0 Å². The smallest absolute Gasteiger partial charge is 0.359 e. The third-order valence-corrected chi connectivity index (χ3v) is 2.09. The standard InChI is InChI=1S/C9H8ClN3O3/c10-5-1-3-6(4-2-5)16-8-7(9(14)15)11-13-12-8/h1-4,11-13H,(H,14,15). The maximum atomic E-state index is 10.8. The SMILES string of the molecule is O=C(O)C1=C(Oc2ccc(Cl)cc2)NNN1. The summed E-state index contributed by atoms with van der Waals surface area (Å²) in [5.41, 5.74) is 7.28. The maximum Gasteiger partial charge on any atom is 0.359 e. The molecule has 0 fully saturated rings. The molecule has 2 rings (SSSR count). The van der Waals surface area contributed by atoms with Gasteiger partial charge >= 0.3 is 5.97 Å². The third-order valence-electron chi connectivity index (χ3n) is 1.84. The van der Waals surface area contributed by atoms with Crippen LogP contribution in [0, 0.1) is 0 Å². The lowest BCUT2D eigenvalue weighted by molar-refractivity contribution is -0.133. The van der Waals surface area contributed by atoms with Crippen LogP contribution >= 0.6 is 11.6 Å². The number of carboxylic acid groups (broad SMARTS) is 1. The number of benzene rings is 1. The fraction of sp³-hybridized carbons (Fsp3) is 0. The van der Waals surface area contributed by atoms with Crippen LogP contribution in [0.3, 0.4) is 0 Å². The first-order chi connectivity index (χ1) is 7.66. The van der Waals surface area contributed by atoms with E-state index in [2.05, 4.69) is 16.4 Å². The summed E-state index contributed by atoms with van der Waals surface area (Å²) < 4.78 is 5.31. The largest absolute Gasteiger partial charge is 0.476 e. The lowest BCUT2D eigenvalue weighted by atomic mass is 10.3. The van der Waals surface area contributed by atoms with Gasteiger partial charge in [-0.3, -0.25) is 10.9 Å². The molecule has 0 amide bonds. The van der Waals surface area contributed by atoms with Gasteiger partial charge in [0.05, 0.1) is 0 Å². The number of hydrogen-bond acceptors (Lipinski definition) is 5. The molecule has 0 aliphatic carbocycles. The normalized spacial score (nSPS) is 14.3. The molecular formula is C9H8ClN3O3. The van der Waals surface area contributed by atoms with Crippen molar-refractivity contribution in [1.29, 1.82) is 0 Å². The Bertz CT molecular complexity index is 444. The van der Waals surface area contributed by atoms with Crippen LogP contribution in [0.25, 0.3) is 0 Å². The molecule has 0 bridgehead atoms. The molecule has 4 N–H and O–H groups in total. The van der Waals surface area contributed by atoms with E-state index in [0.717, 1.165) is 0 Å². The Morgan fingerprint density at radius 3 is 2.56 bits per heavy atom. The van der Waals surface area contributed by atoms with Crippen molar-refractivity contribution in [3.8, 4) is 5.75 Å². The molecule has 16 heavy (non-hydrogen) atoms. The summed E-state index contributed by atoms with van der Waals surface area (Å²) in [6.45, 7) is 0. The molecule has 6 nitrogen and oxygen atoms in total. The number of rotatable bonds is 3. The van der Waals surface area contributed by atoms with Crippen LogP contribution in [-0.2, 0) is 4.79 Å². The molecule has 1 aliphatic heterocycles. The Labute approximate surface area is 95.8 Å². The van der Waals surface area contributed by atoms with Gasteiger partial charge in [-0.05, 0) is 24.3 Å².